The number of carbonyl (C=O) groups is 5. The van der Waals surface area contributed by atoms with Crippen molar-refractivity contribution in [3.05, 3.63) is 76.1 Å². The Balaban J connectivity index is 0.828. The lowest BCUT2D eigenvalue weighted by atomic mass is 9.49. The molecular weight excluding hydrogens is 738 g/mol. The fraction of sp³-hybridized carbons (Fsp3) is 0.488. The van der Waals surface area contributed by atoms with Crippen LogP contribution in [-0.4, -0.2) is 93.5 Å². The monoisotopic (exact) mass is 783 g/mol. The Morgan fingerprint density at radius 1 is 1.00 bits per heavy atom. The number of piperidine rings is 1. The lowest BCUT2D eigenvalue weighted by Crippen LogP contribution is -2.74. The number of nitriles is 1. The minimum atomic E-state index is -1.00. The van der Waals surface area contributed by atoms with Crippen LogP contribution >= 0.6 is 11.6 Å². The van der Waals surface area contributed by atoms with Crippen LogP contribution in [0, 0.1) is 22.2 Å². The number of unbranched alkanes of at least 4 members (excludes halogenated alkanes) is 2. The highest BCUT2D eigenvalue weighted by molar-refractivity contribution is 6.31. The van der Waals surface area contributed by atoms with Crippen molar-refractivity contribution in [1.82, 2.24) is 30.2 Å². The molecule has 0 radical (unpaired) electrons. The van der Waals surface area contributed by atoms with Gasteiger partial charge in [-0.3, -0.25) is 38.9 Å². The molecule has 2 N–H and O–H groups in total. The first-order valence-corrected chi connectivity index (χ1v) is 19.5. The molecule has 2 unspecified atom stereocenters. The van der Waals surface area contributed by atoms with Crippen LogP contribution in [0.4, 0.5) is 0 Å². The number of amides is 5. The van der Waals surface area contributed by atoms with Gasteiger partial charge in [0.15, 0.2) is 0 Å². The zero-order valence-electron chi connectivity index (χ0n) is 32.0. The van der Waals surface area contributed by atoms with Crippen LogP contribution in [0.3, 0.4) is 0 Å². The van der Waals surface area contributed by atoms with E-state index >= 15 is 0 Å². The predicted molar refractivity (Wildman–Crippen MR) is 204 cm³/mol. The number of ether oxygens (including phenoxy) is 2. The third kappa shape index (κ3) is 7.37. The van der Waals surface area contributed by atoms with Gasteiger partial charge in [0.1, 0.15) is 29.7 Å². The van der Waals surface area contributed by atoms with E-state index < -0.39 is 29.7 Å². The molecule has 1 saturated carbocycles. The molecule has 4 aliphatic rings. The third-order valence-corrected chi connectivity index (χ3v) is 12.0. The molecule has 2 aromatic carbocycles. The van der Waals surface area contributed by atoms with Gasteiger partial charge in [0.25, 0.3) is 17.7 Å². The van der Waals surface area contributed by atoms with Crippen LogP contribution in [0.5, 0.6) is 11.5 Å². The quantitative estimate of drug-likeness (QED) is 0.179. The Hall–Kier alpha value is -5.26. The number of imide groups is 2. The fourth-order valence-corrected chi connectivity index (χ4v) is 9.25. The summed E-state index contributed by atoms with van der Waals surface area (Å²) in [5.74, 6) is -1.26. The summed E-state index contributed by atoms with van der Waals surface area (Å²) >= 11 is 6.24. The van der Waals surface area contributed by atoms with Gasteiger partial charge in [-0.2, -0.15) is 10.4 Å². The van der Waals surface area contributed by atoms with Crippen molar-refractivity contribution in [2.24, 2.45) is 10.8 Å². The zero-order valence-corrected chi connectivity index (χ0v) is 32.7. The summed E-state index contributed by atoms with van der Waals surface area (Å²) in [5, 5.41) is 19.5. The molecule has 0 spiro atoms. The second-order valence-corrected chi connectivity index (χ2v) is 16.7. The number of rotatable bonds is 13. The number of hydrogen-bond donors (Lipinski definition) is 2. The van der Waals surface area contributed by atoms with E-state index in [9.17, 15) is 29.2 Å². The Labute approximate surface area is 330 Å². The van der Waals surface area contributed by atoms with Crippen molar-refractivity contribution in [3.8, 4) is 17.6 Å². The van der Waals surface area contributed by atoms with Crippen molar-refractivity contribution in [3.63, 3.8) is 0 Å². The van der Waals surface area contributed by atoms with Gasteiger partial charge in [-0.25, -0.2) is 0 Å². The average molecular weight is 784 g/mol. The molecule has 0 bridgehead atoms. The normalized spacial score (nSPS) is 24.0. The van der Waals surface area contributed by atoms with E-state index in [-0.39, 0.29) is 58.9 Å². The highest BCUT2D eigenvalue weighted by Crippen LogP contribution is 2.55. The van der Waals surface area contributed by atoms with E-state index in [2.05, 4.69) is 54.4 Å². The number of fused-ring (bicyclic) bond motifs is 1. The molecular formula is C41H46ClN7O7. The number of halogens is 1. The second kappa shape index (κ2) is 15.3. The molecule has 2 atom stereocenters. The van der Waals surface area contributed by atoms with E-state index in [1.54, 1.807) is 42.6 Å². The molecule has 1 aliphatic carbocycles. The van der Waals surface area contributed by atoms with Gasteiger partial charge in [0.05, 0.1) is 46.1 Å². The average Bonchev–Trinajstić information content (AvgIpc) is 3.90. The number of aromatic nitrogens is 2. The summed E-state index contributed by atoms with van der Waals surface area (Å²) in [6.07, 6.45) is 7.12. The molecule has 5 amide bonds. The Morgan fingerprint density at radius 2 is 1.75 bits per heavy atom. The van der Waals surface area contributed by atoms with Crippen molar-refractivity contribution in [2.45, 2.75) is 90.4 Å². The van der Waals surface area contributed by atoms with Crippen LogP contribution in [0.2, 0.25) is 5.02 Å². The van der Waals surface area contributed by atoms with Gasteiger partial charge < -0.3 is 19.7 Å². The van der Waals surface area contributed by atoms with Gasteiger partial charge in [-0.15, -0.1) is 0 Å². The summed E-state index contributed by atoms with van der Waals surface area (Å²) in [7, 11) is 0. The summed E-state index contributed by atoms with van der Waals surface area (Å²) in [5.41, 5.74) is 0.580. The molecule has 1 aromatic heterocycles. The third-order valence-electron chi connectivity index (χ3n) is 11.7. The standard InChI is InChI=1S/C41H46ClN7O7/c1-40(2)38(41(3,4)39(40)56-28-9-8-24(20-43)31(42)19-28)46-34(51)25-21-44-48(22-25)26-14-16-47(23-26)15-6-5-7-17-55-27-10-11-29-30(18-27)37(54)49(36(29)53)32-12-13-33(50)45-35(32)52/h8-11,18-19,21-22,26,32,38-39H,5-7,12-17,23H2,1-4H3,(H,46,51)(H,45,50,52)/t26?,32?,38-,39-. The fourth-order valence-electron chi connectivity index (χ4n) is 9.04. The summed E-state index contributed by atoms with van der Waals surface area (Å²) < 4.78 is 14.2. The van der Waals surface area contributed by atoms with Crippen molar-refractivity contribution in [1.29, 1.82) is 5.26 Å². The summed E-state index contributed by atoms with van der Waals surface area (Å²) in [4.78, 5) is 66.7. The highest BCUT2D eigenvalue weighted by Gasteiger charge is 2.64. The SMILES string of the molecule is CC1(C)[C@H](NC(=O)c2cnn(C3CCN(CCCCCOc4ccc5c(c4)C(=O)N(C4CCC(=O)NC4=O)C5=O)C3)c2)C(C)(C)[C@H]1Oc1ccc(C#N)c(Cl)c1. The van der Waals surface area contributed by atoms with Crippen LogP contribution < -0.4 is 20.1 Å². The number of nitrogens with one attached hydrogen (secondary N) is 2. The molecule has 3 aromatic rings. The highest BCUT2D eigenvalue weighted by atomic mass is 35.5. The van der Waals surface area contributed by atoms with Gasteiger partial charge in [-0.05, 0) is 69.0 Å². The molecule has 294 valence electrons. The Kier molecular flexibility index (Phi) is 10.7. The van der Waals surface area contributed by atoms with Crippen molar-refractivity contribution >= 4 is 41.1 Å². The zero-order chi connectivity index (χ0) is 39.9. The summed E-state index contributed by atoms with van der Waals surface area (Å²) in [6, 6.07) is 10.9. The van der Waals surface area contributed by atoms with E-state index in [0.29, 0.717) is 34.3 Å². The number of likely N-dealkylation sites (tertiary alicyclic amines) is 1. The lowest BCUT2D eigenvalue weighted by Gasteiger charge is -2.63. The van der Waals surface area contributed by atoms with Gasteiger partial charge in [0, 0.05) is 48.6 Å². The summed E-state index contributed by atoms with van der Waals surface area (Å²) in [6.45, 7) is 11.5. The molecule has 2 saturated heterocycles. The van der Waals surface area contributed by atoms with Crippen LogP contribution in [0.1, 0.15) is 109 Å². The molecule has 56 heavy (non-hydrogen) atoms. The molecule has 3 aliphatic heterocycles. The first-order chi connectivity index (χ1) is 26.7. The smallest absolute Gasteiger partial charge is 0.262 e. The Bertz CT molecular complexity index is 2110. The predicted octanol–water partition coefficient (Wildman–Crippen LogP) is 4.92. The van der Waals surface area contributed by atoms with Gasteiger partial charge in [-0.1, -0.05) is 39.3 Å². The maximum absolute atomic E-state index is 13.5. The Morgan fingerprint density at radius 3 is 2.48 bits per heavy atom. The number of benzene rings is 2. The maximum atomic E-state index is 13.5. The molecule has 3 fully saturated rings. The number of carbonyl (C=O) groups excluding carboxylic acids is 5. The van der Waals surface area contributed by atoms with Crippen LogP contribution in [0.25, 0.3) is 0 Å². The molecule has 15 heteroatoms. The largest absolute Gasteiger partial charge is 0.494 e. The topological polar surface area (TPSA) is 176 Å². The maximum Gasteiger partial charge on any atom is 0.262 e. The van der Waals surface area contributed by atoms with Gasteiger partial charge >= 0.3 is 0 Å². The van der Waals surface area contributed by atoms with E-state index in [0.717, 1.165) is 50.2 Å². The minimum absolute atomic E-state index is 0.0696. The number of hydrogen-bond acceptors (Lipinski definition) is 10. The van der Waals surface area contributed by atoms with Gasteiger partial charge in [0.2, 0.25) is 11.8 Å². The lowest BCUT2D eigenvalue weighted by molar-refractivity contribution is -0.164. The number of nitrogens with zero attached hydrogens (tertiary/aromatic N) is 5. The molecule has 7 rings (SSSR count). The van der Waals surface area contributed by atoms with Crippen molar-refractivity contribution < 1.29 is 33.4 Å². The first kappa shape index (κ1) is 39.0. The minimum Gasteiger partial charge on any atom is -0.494 e. The second-order valence-electron chi connectivity index (χ2n) is 16.3. The molecule has 14 nitrogen and oxygen atoms in total. The van der Waals surface area contributed by atoms with Crippen LogP contribution in [0.15, 0.2) is 48.8 Å². The van der Waals surface area contributed by atoms with Crippen molar-refractivity contribution in [2.75, 3.05) is 26.2 Å². The van der Waals surface area contributed by atoms with E-state index in [4.69, 9.17) is 21.1 Å². The van der Waals surface area contributed by atoms with Crippen LogP contribution in [-0.2, 0) is 9.59 Å². The first-order valence-electron chi connectivity index (χ1n) is 19.1. The van der Waals surface area contributed by atoms with E-state index in [1.807, 2.05) is 10.9 Å². The molecule has 4 heterocycles. The van der Waals surface area contributed by atoms with E-state index in [1.165, 1.54) is 0 Å².